The molecular formula is C55H95N3O8. The van der Waals surface area contributed by atoms with Gasteiger partial charge < -0.3 is 46.2 Å². The highest BCUT2D eigenvalue weighted by atomic mass is 16.3. The molecule has 8 aliphatic rings. The van der Waals surface area contributed by atoms with Crippen LogP contribution in [-0.4, -0.2) is 117 Å². The average Bonchev–Trinajstić information content (AvgIpc) is 3.83. The summed E-state index contributed by atoms with van der Waals surface area (Å²) in [7, 11) is 1.93. The van der Waals surface area contributed by atoms with Gasteiger partial charge in [-0.15, -0.1) is 0 Å². The number of carbonyl (C=O) groups excluding carboxylic acids is 2. The second kappa shape index (κ2) is 20.0. The van der Waals surface area contributed by atoms with E-state index in [1.54, 1.807) is 0 Å². The summed E-state index contributed by atoms with van der Waals surface area (Å²) < 4.78 is 0. The van der Waals surface area contributed by atoms with E-state index in [9.17, 15) is 40.2 Å². The zero-order valence-corrected chi connectivity index (χ0v) is 42.3. The van der Waals surface area contributed by atoms with E-state index in [4.69, 9.17) is 0 Å². The summed E-state index contributed by atoms with van der Waals surface area (Å²) in [6.45, 7) is 16.5. The van der Waals surface area contributed by atoms with Gasteiger partial charge in [0.2, 0.25) is 11.8 Å². The fourth-order valence-electron chi connectivity index (χ4n) is 18.9. The van der Waals surface area contributed by atoms with Crippen molar-refractivity contribution in [3.8, 4) is 0 Å². The maximum absolute atomic E-state index is 14.0. The minimum Gasteiger partial charge on any atom is -0.393 e. The van der Waals surface area contributed by atoms with E-state index in [2.05, 4.69) is 52.2 Å². The van der Waals surface area contributed by atoms with Crippen molar-refractivity contribution in [1.29, 1.82) is 0 Å². The summed E-state index contributed by atoms with van der Waals surface area (Å²) in [6, 6.07) is 0. The van der Waals surface area contributed by atoms with Crippen LogP contribution in [0.1, 0.15) is 170 Å². The molecule has 8 N–H and O–H groups in total. The molecule has 22 atom stereocenters. The van der Waals surface area contributed by atoms with Crippen LogP contribution in [0.4, 0.5) is 0 Å². The normalized spacial score (nSPS) is 48.1. The first-order valence-electron chi connectivity index (χ1n) is 27.6. The Hall–Kier alpha value is -1.34. The van der Waals surface area contributed by atoms with Gasteiger partial charge in [0.15, 0.2) is 0 Å². The van der Waals surface area contributed by atoms with Crippen LogP contribution in [0.2, 0.25) is 0 Å². The zero-order chi connectivity index (χ0) is 47.5. The fourth-order valence-corrected chi connectivity index (χ4v) is 18.9. The maximum Gasteiger partial charge on any atom is 0.222 e. The molecule has 66 heavy (non-hydrogen) atoms. The van der Waals surface area contributed by atoms with Crippen molar-refractivity contribution in [2.24, 2.45) is 92.7 Å². The third-order valence-corrected chi connectivity index (χ3v) is 22.8. The number of amides is 2. The van der Waals surface area contributed by atoms with Crippen molar-refractivity contribution in [3.63, 3.8) is 0 Å². The molecule has 0 aromatic heterocycles. The third-order valence-electron chi connectivity index (χ3n) is 22.8. The van der Waals surface area contributed by atoms with Gasteiger partial charge in [-0.2, -0.15) is 0 Å². The van der Waals surface area contributed by atoms with Crippen LogP contribution in [0.5, 0.6) is 0 Å². The van der Waals surface area contributed by atoms with E-state index in [1.165, 1.54) is 0 Å². The first kappa shape index (κ1) is 51.0. The molecule has 11 heteroatoms. The topological polar surface area (TPSA) is 183 Å². The molecule has 12 unspecified atom stereocenters. The van der Waals surface area contributed by atoms with Crippen LogP contribution in [-0.2, 0) is 9.59 Å². The van der Waals surface area contributed by atoms with Crippen LogP contribution in [0.3, 0.4) is 0 Å². The number of carbonyl (C=O) groups is 2. The third kappa shape index (κ3) is 9.00. The van der Waals surface area contributed by atoms with Crippen molar-refractivity contribution in [3.05, 3.63) is 0 Å². The van der Waals surface area contributed by atoms with E-state index < -0.39 is 18.3 Å². The number of nitrogens with zero attached hydrogens (tertiary/aromatic N) is 1. The number of aliphatic hydroxyl groups is 6. The predicted octanol–water partition coefficient (Wildman–Crippen LogP) is 6.69. The molecule has 0 aliphatic heterocycles. The fraction of sp³-hybridized carbons (Fsp3) is 0.964. The molecule has 0 bridgehead atoms. The Bertz CT molecular complexity index is 1690. The van der Waals surface area contributed by atoms with E-state index in [-0.39, 0.29) is 99.1 Å². The van der Waals surface area contributed by atoms with E-state index >= 15 is 0 Å². The summed E-state index contributed by atoms with van der Waals surface area (Å²) in [5.41, 5.74) is -0.461. The van der Waals surface area contributed by atoms with Gasteiger partial charge in [0.05, 0.1) is 36.6 Å². The standard InChI is InChI=1S/C55H95N3O8/c1-32(38-12-14-40-50-42(30-46(63)54(38,40)5)52(3)20-18-36(59)26-34(52)28-44(50)61)10-16-48(65)57-23-9-25-58(24-8-22-56-7)49(66)17-11-33(2)39-13-15-41-51-43(31-47(64)55(39,41)6)53(4)21-19-37(60)27-35(53)29-45(51)62/h32-47,50-51,56,59-64H,8-31H2,1-7H3,(H,57,65)/t32?,33?,34?,35?,36-,37-,38?,39?,40?,41?,42?,43?,44-,45-,46+,47+,50?,51?,52-,53-,54+,55+/m0/s1. The number of nitrogens with one attached hydrogen (secondary N) is 2. The summed E-state index contributed by atoms with van der Waals surface area (Å²) in [4.78, 5) is 29.2. The molecule has 8 saturated carbocycles. The van der Waals surface area contributed by atoms with Crippen molar-refractivity contribution < 1.29 is 40.2 Å². The predicted molar refractivity (Wildman–Crippen MR) is 258 cm³/mol. The van der Waals surface area contributed by atoms with Gasteiger partial charge in [-0.3, -0.25) is 9.59 Å². The molecule has 0 heterocycles. The summed E-state index contributed by atoms with van der Waals surface area (Å²) in [5, 5.41) is 74.8. The lowest BCUT2D eigenvalue weighted by Crippen LogP contribution is -2.62. The Morgan fingerprint density at radius 2 is 1.05 bits per heavy atom. The van der Waals surface area contributed by atoms with E-state index in [1.807, 2.05) is 11.9 Å². The molecule has 0 aromatic carbocycles. The Labute approximate surface area is 398 Å². The van der Waals surface area contributed by atoms with Crippen molar-refractivity contribution >= 4 is 11.8 Å². The molecule has 0 radical (unpaired) electrons. The van der Waals surface area contributed by atoms with Gasteiger partial charge in [0.25, 0.3) is 0 Å². The van der Waals surface area contributed by atoms with Crippen LogP contribution in [0, 0.1) is 92.7 Å². The van der Waals surface area contributed by atoms with Gasteiger partial charge in [-0.05, 0) is 222 Å². The highest BCUT2D eigenvalue weighted by molar-refractivity contribution is 5.76. The van der Waals surface area contributed by atoms with Gasteiger partial charge in [-0.25, -0.2) is 0 Å². The lowest BCUT2D eigenvalue weighted by molar-refractivity contribution is -0.207. The smallest absolute Gasteiger partial charge is 0.222 e. The second-order valence-electron chi connectivity index (χ2n) is 25.6. The summed E-state index contributed by atoms with van der Waals surface area (Å²) >= 11 is 0. The van der Waals surface area contributed by atoms with Crippen LogP contribution in [0.25, 0.3) is 0 Å². The van der Waals surface area contributed by atoms with Gasteiger partial charge in [0, 0.05) is 32.5 Å². The molecule has 0 spiro atoms. The highest BCUT2D eigenvalue weighted by Gasteiger charge is 2.67. The summed E-state index contributed by atoms with van der Waals surface area (Å²) in [6.07, 6.45) is 13.9. The van der Waals surface area contributed by atoms with E-state index in [0.717, 1.165) is 116 Å². The molecule has 8 rings (SSSR count). The molecule has 8 fully saturated rings. The molecule has 378 valence electrons. The lowest BCUT2D eigenvalue weighted by Gasteiger charge is -2.63. The quantitative estimate of drug-likeness (QED) is 0.0783. The average molecular weight is 926 g/mol. The molecular weight excluding hydrogens is 831 g/mol. The summed E-state index contributed by atoms with van der Waals surface area (Å²) in [5.74, 6) is 3.39. The SMILES string of the molecule is CNCCCN(CCCNC(=O)CCC(C)C1CCC2C3C(C[C@@H](O)[C@]12C)[C@@]1(C)CC[C@H](O)CC1C[C@@H]3O)C(=O)CCC(C)C1CCC2C3C(C[C@@H](O)[C@]12C)[C@@]1(C)CC[C@H](O)CC1C[C@@H]3O. The number of hydrogen-bond acceptors (Lipinski definition) is 9. The highest BCUT2D eigenvalue weighted by Crippen LogP contribution is 2.70. The van der Waals surface area contributed by atoms with Crippen LogP contribution in [0.15, 0.2) is 0 Å². The van der Waals surface area contributed by atoms with E-state index in [0.29, 0.717) is 62.6 Å². The largest absolute Gasteiger partial charge is 0.393 e. The Balaban J connectivity index is 0.798. The Morgan fingerprint density at radius 1 is 0.591 bits per heavy atom. The molecule has 0 saturated heterocycles. The zero-order valence-electron chi connectivity index (χ0n) is 42.3. The molecule has 11 nitrogen and oxygen atoms in total. The van der Waals surface area contributed by atoms with Gasteiger partial charge in [-0.1, -0.05) is 41.5 Å². The van der Waals surface area contributed by atoms with Crippen molar-refractivity contribution in [1.82, 2.24) is 15.5 Å². The Kier molecular flexibility index (Phi) is 15.5. The lowest BCUT2D eigenvalue weighted by atomic mass is 9.43. The number of hydrogen-bond donors (Lipinski definition) is 8. The number of fused-ring (bicyclic) bond motifs is 10. The van der Waals surface area contributed by atoms with Crippen molar-refractivity contribution in [2.45, 2.75) is 207 Å². The van der Waals surface area contributed by atoms with Gasteiger partial charge in [0.1, 0.15) is 0 Å². The van der Waals surface area contributed by atoms with Crippen LogP contribution >= 0.6 is 0 Å². The molecule has 0 aromatic rings. The molecule has 8 aliphatic carbocycles. The monoisotopic (exact) mass is 926 g/mol. The van der Waals surface area contributed by atoms with Gasteiger partial charge >= 0.3 is 0 Å². The maximum atomic E-state index is 14.0. The van der Waals surface area contributed by atoms with Crippen molar-refractivity contribution in [2.75, 3.05) is 33.2 Å². The first-order valence-corrected chi connectivity index (χ1v) is 27.6. The van der Waals surface area contributed by atoms with Crippen LogP contribution < -0.4 is 10.6 Å². The minimum atomic E-state index is -0.436. The first-order chi connectivity index (χ1) is 31.3. The minimum absolute atomic E-state index is 0.0423. The Morgan fingerprint density at radius 3 is 1.52 bits per heavy atom. The molecule has 2 amide bonds. The number of aliphatic hydroxyl groups excluding tert-OH is 6. The second-order valence-corrected chi connectivity index (χ2v) is 25.6. The number of rotatable bonds is 16.